The van der Waals surface area contributed by atoms with Gasteiger partial charge in [0.25, 0.3) is 10.1 Å². The zero-order valence-corrected chi connectivity index (χ0v) is 12.2. The molecule has 0 bridgehead atoms. The summed E-state index contributed by atoms with van der Waals surface area (Å²) in [6.45, 7) is 1.57. The summed E-state index contributed by atoms with van der Waals surface area (Å²) in [5.74, 6) is -2.42. The molecule has 0 saturated heterocycles. The zero-order chi connectivity index (χ0) is 15.9. The number of carbonyl (C=O) groups is 2. The molecule has 1 rings (SSSR count). The Bertz CT molecular complexity index is 587. The number of nitrogens with one attached hydrogen (secondary N) is 1. The van der Waals surface area contributed by atoms with Gasteiger partial charge in [0.1, 0.15) is 11.8 Å². The monoisotopic (exact) mass is 316 g/mol. The molecule has 0 radical (unpaired) electrons. The fourth-order valence-electron chi connectivity index (χ4n) is 1.55. The van der Waals surface area contributed by atoms with E-state index in [1.807, 2.05) is 0 Å². The van der Waals surface area contributed by atoms with Crippen LogP contribution in [0.25, 0.3) is 0 Å². The molecule has 0 aromatic carbocycles. The van der Waals surface area contributed by atoms with Crippen molar-refractivity contribution in [2.75, 3.05) is 12.4 Å². The molecular formula is C12H16N2O6S. The summed E-state index contributed by atoms with van der Waals surface area (Å²) in [6, 6.07) is 1.78. The van der Waals surface area contributed by atoms with E-state index in [-0.39, 0.29) is 13.0 Å². The number of aromatic nitrogens is 1. The first kappa shape index (κ1) is 17.1. The highest BCUT2D eigenvalue weighted by Crippen LogP contribution is 2.00. The van der Waals surface area contributed by atoms with Gasteiger partial charge in [-0.15, -0.1) is 0 Å². The maximum atomic E-state index is 11.8. The Morgan fingerprint density at radius 3 is 2.52 bits per heavy atom. The minimum Gasteiger partial charge on any atom is -0.464 e. The van der Waals surface area contributed by atoms with Crippen molar-refractivity contribution in [1.29, 1.82) is 0 Å². The van der Waals surface area contributed by atoms with Crippen LogP contribution in [0.2, 0.25) is 0 Å². The van der Waals surface area contributed by atoms with E-state index in [4.69, 9.17) is 4.55 Å². The predicted molar refractivity (Wildman–Crippen MR) is 72.9 cm³/mol. The lowest BCUT2D eigenvalue weighted by Crippen LogP contribution is -2.46. The van der Waals surface area contributed by atoms with Gasteiger partial charge in [0.2, 0.25) is 5.91 Å². The molecule has 2 N–H and O–H groups in total. The Kier molecular flexibility index (Phi) is 6.25. The molecule has 9 heteroatoms. The Morgan fingerprint density at radius 2 is 2.00 bits per heavy atom. The summed E-state index contributed by atoms with van der Waals surface area (Å²) in [7, 11) is -4.43. The van der Waals surface area contributed by atoms with E-state index in [0.717, 1.165) is 0 Å². The van der Waals surface area contributed by atoms with Crippen LogP contribution in [-0.4, -0.2) is 48.2 Å². The lowest BCUT2D eigenvalue weighted by Gasteiger charge is -2.15. The topological polar surface area (TPSA) is 123 Å². The van der Waals surface area contributed by atoms with Crippen LogP contribution in [-0.2, 0) is 30.9 Å². The van der Waals surface area contributed by atoms with Gasteiger partial charge >= 0.3 is 5.97 Å². The van der Waals surface area contributed by atoms with Gasteiger partial charge in [-0.3, -0.25) is 14.3 Å². The summed E-state index contributed by atoms with van der Waals surface area (Å²) >= 11 is 0. The van der Waals surface area contributed by atoms with Crippen molar-refractivity contribution >= 4 is 22.0 Å². The van der Waals surface area contributed by atoms with Crippen LogP contribution >= 0.6 is 0 Å². The fraction of sp³-hybridized carbons (Fsp3) is 0.417. The Balaban J connectivity index is 2.71. The summed E-state index contributed by atoms with van der Waals surface area (Å²) in [5, 5.41) is 2.23. The summed E-state index contributed by atoms with van der Waals surface area (Å²) < 4.78 is 35.2. The van der Waals surface area contributed by atoms with Crippen LogP contribution in [0.15, 0.2) is 24.5 Å². The van der Waals surface area contributed by atoms with Crippen molar-refractivity contribution < 1.29 is 27.3 Å². The molecule has 1 atom stereocenters. The van der Waals surface area contributed by atoms with Gasteiger partial charge < -0.3 is 10.1 Å². The molecule has 8 nitrogen and oxygen atoms in total. The SMILES string of the molecule is CCOC(=O)[C@H](CS(=O)(=O)O)NC(=O)Cc1ccncc1. The van der Waals surface area contributed by atoms with Gasteiger partial charge in [0, 0.05) is 12.4 Å². The highest BCUT2D eigenvalue weighted by Gasteiger charge is 2.27. The lowest BCUT2D eigenvalue weighted by molar-refractivity contribution is -0.146. The normalized spacial score (nSPS) is 12.5. The first-order valence-corrected chi connectivity index (χ1v) is 7.73. The first-order chi connectivity index (χ1) is 9.81. The molecule has 0 saturated carbocycles. The van der Waals surface area contributed by atoms with Crippen LogP contribution in [0, 0.1) is 0 Å². The Labute approximate surface area is 122 Å². The van der Waals surface area contributed by atoms with E-state index >= 15 is 0 Å². The molecular weight excluding hydrogens is 300 g/mol. The lowest BCUT2D eigenvalue weighted by atomic mass is 10.2. The number of esters is 1. The fourth-order valence-corrected chi connectivity index (χ4v) is 2.19. The van der Waals surface area contributed by atoms with E-state index in [0.29, 0.717) is 5.56 Å². The van der Waals surface area contributed by atoms with Crippen molar-refractivity contribution in [1.82, 2.24) is 10.3 Å². The Hall–Kier alpha value is -2.00. The second kappa shape index (κ2) is 7.70. The molecule has 0 aliphatic carbocycles. The van der Waals surface area contributed by atoms with Crippen LogP contribution < -0.4 is 5.32 Å². The minimum atomic E-state index is -4.43. The molecule has 0 aliphatic heterocycles. The van der Waals surface area contributed by atoms with E-state index in [1.165, 1.54) is 12.4 Å². The number of carbonyl (C=O) groups excluding carboxylic acids is 2. The molecule has 1 aromatic rings. The second-order valence-electron chi connectivity index (χ2n) is 4.15. The van der Waals surface area contributed by atoms with Crippen LogP contribution in [0.3, 0.4) is 0 Å². The van der Waals surface area contributed by atoms with Crippen molar-refractivity contribution in [3.63, 3.8) is 0 Å². The number of pyridine rings is 1. The molecule has 1 aromatic heterocycles. The van der Waals surface area contributed by atoms with Gasteiger partial charge in [-0.25, -0.2) is 4.79 Å². The highest BCUT2D eigenvalue weighted by molar-refractivity contribution is 7.85. The standard InChI is InChI=1S/C12H16N2O6S/c1-2-20-12(16)10(8-21(17,18)19)14-11(15)7-9-3-5-13-6-4-9/h3-6,10H,2,7-8H2,1H3,(H,14,15)(H,17,18,19)/t10-/m0/s1. The van der Waals surface area contributed by atoms with E-state index < -0.39 is 33.8 Å². The van der Waals surface area contributed by atoms with Gasteiger partial charge in [0.05, 0.1) is 13.0 Å². The number of nitrogens with zero attached hydrogens (tertiary/aromatic N) is 1. The number of rotatable bonds is 7. The molecule has 0 spiro atoms. The van der Waals surface area contributed by atoms with Crippen LogP contribution in [0.4, 0.5) is 0 Å². The van der Waals surface area contributed by atoms with Crippen molar-refractivity contribution in [3.05, 3.63) is 30.1 Å². The molecule has 0 aliphatic rings. The zero-order valence-electron chi connectivity index (χ0n) is 11.4. The largest absolute Gasteiger partial charge is 0.464 e. The van der Waals surface area contributed by atoms with Crippen molar-refractivity contribution in [2.24, 2.45) is 0 Å². The predicted octanol–water partition coefficient (Wildman–Crippen LogP) is -0.440. The smallest absolute Gasteiger partial charge is 0.329 e. The van der Waals surface area contributed by atoms with E-state index in [2.05, 4.69) is 15.0 Å². The summed E-state index contributed by atoms with van der Waals surface area (Å²) in [6.07, 6.45) is 2.96. The maximum absolute atomic E-state index is 11.8. The molecule has 21 heavy (non-hydrogen) atoms. The summed E-state index contributed by atoms with van der Waals surface area (Å²) in [4.78, 5) is 27.2. The van der Waals surface area contributed by atoms with E-state index in [9.17, 15) is 18.0 Å². The van der Waals surface area contributed by atoms with E-state index in [1.54, 1.807) is 19.1 Å². The maximum Gasteiger partial charge on any atom is 0.329 e. The molecule has 116 valence electrons. The van der Waals surface area contributed by atoms with Gasteiger partial charge in [-0.2, -0.15) is 8.42 Å². The molecule has 0 unspecified atom stereocenters. The highest BCUT2D eigenvalue weighted by atomic mass is 32.2. The summed E-state index contributed by atoms with van der Waals surface area (Å²) in [5.41, 5.74) is 0.650. The molecule has 1 heterocycles. The third kappa shape index (κ3) is 6.82. The third-order valence-electron chi connectivity index (χ3n) is 2.40. The number of ether oxygens (including phenoxy) is 1. The van der Waals surface area contributed by atoms with Crippen LogP contribution in [0.1, 0.15) is 12.5 Å². The number of hydrogen-bond donors (Lipinski definition) is 2. The van der Waals surface area contributed by atoms with Gasteiger partial charge in [-0.1, -0.05) is 0 Å². The number of amides is 1. The molecule has 0 fully saturated rings. The minimum absolute atomic E-state index is 0.0288. The average Bonchev–Trinajstić information content (AvgIpc) is 2.37. The molecule has 1 amide bonds. The van der Waals surface area contributed by atoms with Crippen molar-refractivity contribution in [2.45, 2.75) is 19.4 Å². The first-order valence-electron chi connectivity index (χ1n) is 6.12. The Morgan fingerprint density at radius 1 is 1.38 bits per heavy atom. The van der Waals surface area contributed by atoms with Gasteiger partial charge in [0.15, 0.2) is 0 Å². The second-order valence-corrected chi connectivity index (χ2v) is 5.65. The van der Waals surface area contributed by atoms with Crippen LogP contribution in [0.5, 0.6) is 0 Å². The average molecular weight is 316 g/mol. The number of hydrogen-bond acceptors (Lipinski definition) is 6. The third-order valence-corrected chi connectivity index (χ3v) is 3.15. The van der Waals surface area contributed by atoms with Gasteiger partial charge in [-0.05, 0) is 24.6 Å². The quantitative estimate of drug-likeness (QED) is 0.516. The van der Waals surface area contributed by atoms with Crippen molar-refractivity contribution in [3.8, 4) is 0 Å².